The van der Waals surface area contributed by atoms with Crippen LogP contribution in [0, 0.1) is 5.41 Å². The number of carbonyl (C=O) groups is 2. The quantitative estimate of drug-likeness (QED) is 0.178. The standard InChI is InChI=1S/C12H22N4O7/c1-4(18)15-8-5(16-12(13)14)2-7(11(21)22)23-10(8)9(20)6(19)3-17/h5-10,17,19-20H,2-3H2,1H3,(H,15,18)(H,21,22)(H4,13,14,16)/t5?,6-,7?,8?,9?,10?/m1/s1. The van der Waals surface area contributed by atoms with Crippen LogP contribution in [0.5, 0.6) is 0 Å². The molecule has 5 unspecified atom stereocenters. The van der Waals surface area contributed by atoms with Gasteiger partial charge in [-0.3, -0.25) is 10.2 Å². The van der Waals surface area contributed by atoms with Crippen molar-refractivity contribution in [2.45, 2.75) is 49.8 Å². The summed E-state index contributed by atoms with van der Waals surface area (Å²) in [6.07, 6.45) is -6.05. The lowest BCUT2D eigenvalue weighted by atomic mass is 9.88. The van der Waals surface area contributed by atoms with E-state index in [1.165, 1.54) is 6.92 Å². The molecule has 11 heteroatoms. The molecular formula is C12H22N4O7. The predicted molar refractivity (Wildman–Crippen MR) is 76.5 cm³/mol. The van der Waals surface area contributed by atoms with Crippen molar-refractivity contribution in [3.8, 4) is 0 Å². The lowest BCUT2D eigenvalue weighted by Gasteiger charge is -2.43. The van der Waals surface area contributed by atoms with Crippen LogP contribution in [0.25, 0.3) is 0 Å². The van der Waals surface area contributed by atoms with Gasteiger partial charge in [-0.15, -0.1) is 0 Å². The lowest BCUT2D eigenvalue weighted by Crippen LogP contribution is -2.67. The summed E-state index contributed by atoms with van der Waals surface area (Å²) in [6.45, 7) is 0.427. The van der Waals surface area contributed by atoms with Crippen molar-refractivity contribution in [1.29, 1.82) is 5.41 Å². The zero-order valence-corrected chi connectivity index (χ0v) is 12.5. The van der Waals surface area contributed by atoms with Crippen LogP contribution in [-0.2, 0) is 14.3 Å². The van der Waals surface area contributed by atoms with Crippen molar-refractivity contribution in [2.24, 2.45) is 5.73 Å². The van der Waals surface area contributed by atoms with Gasteiger partial charge >= 0.3 is 5.97 Å². The number of aliphatic hydroxyl groups is 3. The van der Waals surface area contributed by atoms with Crippen molar-refractivity contribution >= 4 is 17.8 Å². The van der Waals surface area contributed by atoms with Crippen LogP contribution in [0.3, 0.4) is 0 Å². The van der Waals surface area contributed by atoms with E-state index in [1.54, 1.807) is 0 Å². The van der Waals surface area contributed by atoms with E-state index in [2.05, 4.69) is 10.6 Å². The number of carboxylic acids is 1. The van der Waals surface area contributed by atoms with E-state index in [-0.39, 0.29) is 6.42 Å². The van der Waals surface area contributed by atoms with Gasteiger partial charge in [0.15, 0.2) is 12.1 Å². The minimum Gasteiger partial charge on any atom is -0.479 e. The van der Waals surface area contributed by atoms with Crippen molar-refractivity contribution in [2.75, 3.05) is 6.61 Å². The molecule has 1 aliphatic rings. The molecule has 0 radical (unpaired) electrons. The van der Waals surface area contributed by atoms with Gasteiger partial charge in [-0.2, -0.15) is 0 Å². The fourth-order valence-corrected chi connectivity index (χ4v) is 2.48. The number of guanidine groups is 1. The summed E-state index contributed by atoms with van der Waals surface area (Å²) in [5.41, 5.74) is 5.26. The molecule has 1 aliphatic heterocycles. The first-order chi connectivity index (χ1) is 10.7. The third-order valence-electron chi connectivity index (χ3n) is 3.48. The highest BCUT2D eigenvalue weighted by Crippen LogP contribution is 2.24. The van der Waals surface area contributed by atoms with Crippen LogP contribution < -0.4 is 16.4 Å². The fraction of sp³-hybridized carbons (Fsp3) is 0.750. The summed E-state index contributed by atoms with van der Waals surface area (Å²) < 4.78 is 5.27. The number of carboxylic acid groups (broad SMARTS) is 1. The Morgan fingerprint density at radius 3 is 2.43 bits per heavy atom. The Balaban J connectivity index is 3.12. The number of aliphatic carboxylic acids is 1. The van der Waals surface area contributed by atoms with Crippen molar-refractivity contribution < 1.29 is 34.8 Å². The molecule has 1 amide bonds. The molecule has 0 spiro atoms. The Morgan fingerprint density at radius 2 is 2.00 bits per heavy atom. The molecule has 1 heterocycles. The molecule has 6 atom stereocenters. The average Bonchev–Trinajstić information content (AvgIpc) is 2.45. The van der Waals surface area contributed by atoms with Crippen LogP contribution in [0.4, 0.5) is 0 Å². The number of rotatable bonds is 6. The van der Waals surface area contributed by atoms with E-state index >= 15 is 0 Å². The first-order valence-corrected chi connectivity index (χ1v) is 6.90. The number of carbonyl (C=O) groups excluding carboxylic acids is 1. The Bertz CT molecular complexity index is 461. The first kappa shape index (κ1) is 19.1. The molecule has 0 aromatic heterocycles. The average molecular weight is 334 g/mol. The number of aliphatic hydroxyl groups excluding tert-OH is 3. The summed E-state index contributed by atoms with van der Waals surface area (Å²) in [4.78, 5) is 22.6. The van der Waals surface area contributed by atoms with E-state index in [0.717, 1.165) is 0 Å². The van der Waals surface area contributed by atoms with Gasteiger partial charge in [0.1, 0.15) is 18.3 Å². The third kappa shape index (κ3) is 5.03. The van der Waals surface area contributed by atoms with Gasteiger partial charge in [0, 0.05) is 13.3 Å². The van der Waals surface area contributed by atoms with E-state index in [1.807, 2.05) is 0 Å². The monoisotopic (exact) mass is 334 g/mol. The van der Waals surface area contributed by atoms with E-state index in [9.17, 15) is 19.8 Å². The van der Waals surface area contributed by atoms with Crippen LogP contribution in [-0.4, -0.2) is 81.4 Å². The molecule has 0 aromatic rings. The minimum absolute atomic E-state index is 0.127. The van der Waals surface area contributed by atoms with Crippen LogP contribution in [0.1, 0.15) is 13.3 Å². The van der Waals surface area contributed by atoms with E-state index < -0.39 is 60.9 Å². The van der Waals surface area contributed by atoms with Crippen LogP contribution in [0.2, 0.25) is 0 Å². The molecule has 0 aromatic carbocycles. The highest BCUT2D eigenvalue weighted by atomic mass is 16.5. The summed E-state index contributed by atoms with van der Waals surface area (Å²) >= 11 is 0. The second kappa shape index (κ2) is 8.06. The number of hydrogen-bond acceptors (Lipinski definition) is 7. The zero-order valence-electron chi connectivity index (χ0n) is 12.5. The SMILES string of the molecule is CC(=O)NC1C(NC(=N)N)CC(C(=O)O)OC1C(O)[C@H](O)CO. The molecule has 0 aliphatic carbocycles. The number of nitrogens with one attached hydrogen (secondary N) is 3. The van der Waals surface area contributed by atoms with Gasteiger partial charge in [-0.25, -0.2) is 4.79 Å². The predicted octanol–water partition coefficient (Wildman–Crippen LogP) is -3.70. The molecular weight excluding hydrogens is 312 g/mol. The van der Waals surface area contributed by atoms with Gasteiger partial charge in [0.25, 0.3) is 0 Å². The molecule has 9 N–H and O–H groups in total. The molecule has 23 heavy (non-hydrogen) atoms. The topological polar surface area (TPSA) is 198 Å². The summed E-state index contributed by atoms with van der Waals surface area (Å²) in [6, 6.07) is -1.79. The molecule has 1 rings (SSSR count). The molecule has 0 saturated carbocycles. The number of hydrogen-bond donors (Lipinski definition) is 8. The normalized spacial score (nSPS) is 30.1. The Labute approximate surface area is 131 Å². The maximum Gasteiger partial charge on any atom is 0.332 e. The van der Waals surface area contributed by atoms with Crippen molar-refractivity contribution in [3.05, 3.63) is 0 Å². The van der Waals surface area contributed by atoms with Gasteiger partial charge < -0.3 is 41.5 Å². The van der Waals surface area contributed by atoms with Gasteiger partial charge in [0.05, 0.1) is 18.7 Å². The minimum atomic E-state index is -1.66. The Hall–Kier alpha value is -1.95. The first-order valence-electron chi connectivity index (χ1n) is 6.90. The van der Waals surface area contributed by atoms with E-state index in [0.29, 0.717) is 0 Å². The largest absolute Gasteiger partial charge is 0.479 e. The van der Waals surface area contributed by atoms with E-state index in [4.69, 9.17) is 26.1 Å². The van der Waals surface area contributed by atoms with Gasteiger partial charge in [-0.1, -0.05) is 0 Å². The Morgan fingerprint density at radius 1 is 1.39 bits per heavy atom. The number of amides is 1. The summed E-state index contributed by atoms with van der Waals surface area (Å²) in [5, 5.41) is 50.0. The highest BCUT2D eigenvalue weighted by molar-refractivity contribution is 5.77. The highest BCUT2D eigenvalue weighted by Gasteiger charge is 2.46. The van der Waals surface area contributed by atoms with Gasteiger partial charge in [0.2, 0.25) is 5.91 Å². The zero-order chi connectivity index (χ0) is 17.7. The lowest BCUT2D eigenvalue weighted by molar-refractivity contribution is -0.183. The number of ether oxygens (including phenoxy) is 1. The molecule has 11 nitrogen and oxygen atoms in total. The van der Waals surface area contributed by atoms with Crippen LogP contribution in [0.15, 0.2) is 0 Å². The van der Waals surface area contributed by atoms with Crippen molar-refractivity contribution in [3.63, 3.8) is 0 Å². The van der Waals surface area contributed by atoms with Gasteiger partial charge in [-0.05, 0) is 0 Å². The second-order valence-electron chi connectivity index (χ2n) is 5.29. The third-order valence-corrected chi connectivity index (χ3v) is 3.48. The Kier molecular flexibility index (Phi) is 6.69. The van der Waals surface area contributed by atoms with Crippen LogP contribution >= 0.6 is 0 Å². The fourth-order valence-electron chi connectivity index (χ4n) is 2.48. The summed E-state index contributed by atoms with van der Waals surface area (Å²) in [5.74, 6) is -2.25. The molecule has 0 bridgehead atoms. The molecule has 1 saturated heterocycles. The molecule has 1 fully saturated rings. The van der Waals surface area contributed by atoms with Crippen molar-refractivity contribution in [1.82, 2.24) is 10.6 Å². The smallest absolute Gasteiger partial charge is 0.332 e. The maximum absolute atomic E-state index is 11.4. The second-order valence-corrected chi connectivity index (χ2v) is 5.29. The molecule has 132 valence electrons. The summed E-state index contributed by atoms with van der Waals surface area (Å²) in [7, 11) is 0. The number of nitrogens with two attached hydrogens (primary N) is 1. The maximum atomic E-state index is 11.4.